The van der Waals surface area contributed by atoms with Crippen molar-refractivity contribution in [2.24, 2.45) is 0 Å². The third-order valence-corrected chi connectivity index (χ3v) is 7.40. The number of rotatable bonds is 11. The number of hydrogen-bond acceptors (Lipinski definition) is 6. The Bertz CT molecular complexity index is 1060. The van der Waals surface area contributed by atoms with Gasteiger partial charge in [0.05, 0.1) is 6.54 Å². The molecular weight excluding hydrogens is 504 g/mol. The third-order valence-electron chi connectivity index (χ3n) is 7.40. The zero-order valence-corrected chi connectivity index (χ0v) is 23.1. The Hall–Kier alpha value is -2.68. The Morgan fingerprint density at radius 2 is 1.79 bits per heavy atom. The predicted octanol–water partition coefficient (Wildman–Crippen LogP) is 3.31. The van der Waals surface area contributed by atoms with E-state index >= 15 is 0 Å². The van der Waals surface area contributed by atoms with Crippen LogP contribution >= 0.6 is 12.4 Å². The summed E-state index contributed by atoms with van der Waals surface area (Å²) in [5, 5.41) is 11.8. The molecule has 1 aliphatic carbocycles. The van der Waals surface area contributed by atoms with Gasteiger partial charge in [0.1, 0.15) is 12.1 Å². The lowest BCUT2D eigenvalue weighted by Gasteiger charge is -2.34. The summed E-state index contributed by atoms with van der Waals surface area (Å²) in [7, 11) is 0. The second kappa shape index (κ2) is 15.0. The summed E-state index contributed by atoms with van der Waals surface area (Å²) in [6.07, 6.45) is 6.80. The maximum Gasteiger partial charge on any atom is 0.330 e. The normalized spacial score (nSPS) is 18.4. The fourth-order valence-electron chi connectivity index (χ4n) is 5.39. The van der Waals surface area contributed by atoms with E-state index in [2.05, 4.69) is 40.2 Å². The minimum atomic E-state index is -0.861. The number of nitrogens with one attached hydrogen (secondary N) is 3. The predicted molar refractivity (Wildman–Crippen MR) is 151 cm³/mol. The van der Waals surface area contributed by atoms with Crippen LogP contribution in [0.3, 0.4) is 0 Å². The van der Waals surface area contributed by atoms with Crippen LogP contribution in [0, 0.1) is 0 Å². The number of hydrogen-bond donors (Lipinski definition) is 3. The Morgan fingerprint density at radius 1 is 1.03 bits per heavy atom. The number of fused-ring (bicyclic) bond motifs is 1. The molecule has 1 heterocycles. The maximum atomic E-state index is 13.6. The van der Waals surface area contributed by atoms with Crippen molar-refractivity contribution >= 4 is 41.0 Å². The summed E-state index contributed by atoms with van der Waals surface area (Å²) in [6.45, 7) is 3.38. The van der Waals surface area contributed by atoms with Crippen molar-refractivity contribution < 1.29 is 19.1 Å². The molecule has 4 rings (SSSR count). The van der Waals surface area contributed by atoms with Crippen LogP contribution in [0.2, 0.25) is 0 Å². The largest absolute Gasteiger partial charge is 0.461 e. The number of halogens is 1. The van der Waals surface area contributed by atoms with Crippen molar-refractivity contribution in [3.8, 4) is 0 Å². The minimum Gasteiger partial charge on any atom is -0.461 e. The van der Waals surface area contributed by atoms with E-state index < -0.39 is 12.0 Å². The molecule has 38 heavy (non-hydrogen) atoms. The summed E-state index contributed by atoms with van der Waals surface area (Å²) in [5.74, 6) is -0.845. The topological polar surface area (TPSA) is 99.8 Å². The first-order valence-electron chi connectivity index (χ1n) is 13.7. The number of nitrogens with zero attached hydrogens (tertiary/aromatic N) is 1. The van der Waals surface area contributed by atoms with E-state index in [1.807, 2.05) is 18.2 Å². The van der Waals surface area contributed by atoms with Crippen molar-refractivity contribution in [1.82, 2.24) is 20.9 Å². The van der Waals surface area contributed by atoms with Crippen LogP contribution in [-0.4, -0.2) is 67.1 Å². The number of amides is 2. The number of benzene rings is 2. The average molecular weight is 545 g/mol. The molecule has 9 heteroatoms. The van der Waals surface area contributed by atoms with E-state index in [0.29, 0.717) is 13.1 Å². The van der Waals surface area contributed by atoms with Crippen LogP contribution in [0.1, 0.15) is 57.4 Å². The highest BCUT2D eigenvalue weighted by atomic mass is 35.5. The molecule has 2 aliphatic rings. The van der Waals surface area contributed by atoms with Crippen LogP contribution in [-0.2, 0) is 25.7 Å². The lowest BCUT2D eigenvalue weighted by molar-refractivity contribution is -0.161. The molecule has 2 aromatic rings. The summed E-state index contributed by atoms with van der Waals surface area (Å²) in [5.41, 5.74) is 1.11. The first kappa shape index (κ1) is 29.9. The first-order valence-corrected chi connectivity index (χ1v) is 13.7. The van der Waals surface area contributed by atoms with Gasteiger partial charge in [0, 0.05) is 32.6 Å². The van der Waals surface area contributed by atoms with E-state index in [1.54, 1.807) is 4.90 Å². The van der Waals surface area contributed by atoms with Gasteiger partial charge in [-0.2, -0.15) is 0 Å². The Balaban J connectivity index is 0.00000400. The molecule has 2 amide bonds. The van der Waals surface area contributed by atoms with Gasteiger partial charge < -0.3 is 25.6 Å². The highest BCUT2D eigenvalue weighted by molar-refractivity contribution is 5.87. The highest BCUT2D eigenvalue weighted by Crippen LogP contribution is 2.22. The zero-order valence-electron chi connectivity index (χ0n) is 22.2. The van der Waals surface area contributed by atoms with Gasteiger partial charge in [0.25, 0.3) is 0 Å². The Labute approximate surface area is 231 Å². The molecule has 0 spiro atoms. The van der Waals surface area contributed by atoms with E-state index in [0.717, 1.165) is 67.8 Å². The average Bonchev–Trinajstić information content (AvgIpc) is 3.42. The molecule has 3 N–H and O–H groups in total. The van der Waals surface area contributed by atoms with Gasteiger partial charge in [-0.1, -0.05) is 48.9 Å². The monoisotopic (exact) mass is 544 g/mol. The number of ether oxygens (including phenoxy) is 1. The highest BCUT2D eigenvalue weighted by Gasteiger charge is 2.35. The SMILES string of the molecule is CC(=O)NC[C@@H](C(=O)OC1CCCCC1)N(CC1CCCN1)C(=O)CNCc1cccc2ccccc12.Cl. The third kappa shape index (κ3) is 8.41. The van der Waals surface area contributed by atoms with Crippen molar-refractivity contribution in [3.63, 3.8) is 0 Å². The molecule has 1 saturated carbocycles. The van der Waals surface area contributed by atoms with Gasteiger partial charge in [0.15, 0.2) is 0 Å². The first-order chi connectivity index (χ1) is 18.0. The summed E-state index contributed by atoms with van der Waals surface area (Å²) in [6, 6.07) is 13.6. The Kier molecular flexibility index (Phi) is 11.8. The summed E-state index contributed by atoms with van der Waals surface area (Å²) in [4.78, 5) is 40.3. The molecule has 0 aromatic heterocycles. The fourth-order valence-corrected chi connectivity index (χ4v) is 5.39. The molecule has 208 valence electrons. The number of esters is 1. The summed E-state index contributed by atoms with van der Waals surface area (Å²) < 4.78 is 5.88. The van der Waals surface area contributed by atoms with Gasteiger partial charge in [-0.05, 0) is 61.4 Å². The molecule has 0 radical (unpaired) electrons. The van der Waals surface area contributed by atoms with E-state index in [9.17, 15) is 14.4 Å². The molecule has 1 unspecified atom stereocenters. The van der Waals surface area contributed by atoms with Crippen molar-refractivity contribution in [2.75, 3.05) is 26.2 Å². The lowest BCUT2D eigenvalue weighted by Crippen LogP contribution is -2.56. The van der Waals surface area contributed by atoms with Gasteiger partial charge in [-0.15, -0.1) is 12.4 Å². The zero-order chi connectivity index (χ0) is 26.0. The molecule has 8 nitrogen and oxygen atoms in total. The van der Waals surface area contributed by atoms with Crippen LogP contribution in [0.4, 0.5) is 0 Å². The van der Waals surface area contributed by atoms with Crippen molar-refractivity contribution in [1.29, 1.82) is 0 Å². The molecule has 1 saturated heterocycles. The maximum absolute atomic E-state index is 13.6. The number of carbonyl (C=O) groups excluding carboxylic acids is 3. The second-order valence-corrected chi connectivity index (χ2v) is 10.2. The van der Waals surface area contributed by atoms with Gasteiger partial charge in [-0.25, -0.2) is 4.79 Å². The van der Waals surface area contributed by atoms with Crippen LogP contribution in [0.25, 0.3) is 10.8 Å². The molecule has 1 aliphatic heterocycles. The lowest BCUT2D eigenvalue weighted by atomic mass is 9.98. The van der Waals surface area contributed by atoms with Crippen LogP contribution in [0.5, 0.6) is 0 Å². The van der Waals surface area contributed by atoms with E-state index in [-0.39, 0.29) is 49.5 Å². The molecular formula is C29H41ClN4O4. The summed E-state index contributed by atoms with van der Waals surface area (Å²) >= 11 is 0. The van der Waals surface area contributed by atoms with Crippen molar-refractivity contribution in [3.05, 3.63) is 48.0 Å². The molecule has 0 bridgehead atoms. The van der Waals surface area contributed by atoms with E-state index in [1.165, 1.54) is 6.92 Å². The second-order valence-electron chi connectivity index (χ2n) is 10.2. The molecule has 2 atom stereocenters. The quantitative estimate of drug-likeness (QED) is 0.375. The molecule has 2 aromatic carbocycles. The van der Waals surface area contributed by atoms with Crippen LogP contribution in [0.15, 0.2) is 42.5 Å². The smallest absolute Gasteiger partial charge is 0.330 e. The van der Waals surface area contributed by atoms with Crippen LogP contribution < -0.4 is 16.0 Å². The molecule has 2 fully saturated rings. The Morgan fingerprint density at radius 3 is 2.53 bits per heavy atom. The van der Waals surface area contributed by atoms with E-state index in [4.69, 9.17) is 4.74 Å². The standard InChI is InChI=1S/C29H40N4O4.ClH/c1-21(34)32-18-27(29(36)37-25-13-3-2-4-14-25)33(20-24-12-8-16-31-24)28(35)19-30-17-23-11-7-10-22-9-5-6-15-26(22)23;/h5-7,9-11,15,24-25,27,30-31H,2-4,8,12-14,16-20H2,1H3,(H,32,34);1H/t24?,27-;/m0./s1. The fraction of sp³-hybridized carbons (Fsp3) is 0.552. The number of carbonyl (C=O) groups is 3. The minimum absolute atomic E-state index is 0. The van der Waals surface area contributed by atoms with Gasteiger partial charge >= 0.3 is 5.97 Å². The van der Waals surface area contributed by atoms with Crippen molar-refractivity contribution in [2.45, 2.75) is 76.6 Å². The van der Waals surface area contributed by atoms with Gasteiger partial charge in [0.2, 0.25) is 11.8 Å². The van der Waals surface area contributed by atoms with Gasteiger partial charge in [-0.3, -0.25) is 9.59 Å².